The van der Waals surface area contributed by atoms with E-state index in [0.717, 1.165) is 6.54 Å². The fraction of sp³-hybridized carbons (Fsp3) is 0.750. The molecular weight excluding hydrogens is 238 g/mol. The quantitative estimate of drug-likeness (QED) is 0.524. The summed E-state index contributed by atoms with van der Waals surface area (Å²) in [6.45, 7) is 4.61. The van der Waals surface area contributed by atoms with E-state index in [4.69, 9.17) is 0 Å². The first kappa shape index (κ1) is 15.7. The van der Waals surface area contributed by atoms with Crippen LogP contribution >= 0.6 is 11.3 Å². The van der Waals surface area contributed by atoms with Crippen LogP contribution in [0.4, 0.5) is 0 Å². The van der Waals surface area contributed by atoms with Crippen LogP contribution in [0, 0.1) is 0 Å². The number of rotatable bonds is 12. The SMILES string of the molecule is CCCCCCCCCCNCCc1cccs1. The molecule has 1 aromatic rings. The number of nitrogens with one attached hydrogen (secondary N) is 1. The third-order valence-electron chi connectivity index (χ3n) is 3.34. The van der Waals surface area contributed by atoms with E-state index in [0.29, 0.717) is 0 Å². The normalized spacial score (nSPS) is 10.9. The summed E-state index contributed by atoms with van der Waals surface area (Å²) in [5.74, 6) is 0. The second kappa shape index (κ2) is 11.7. The molecule has 0 saturated heterocycles. The molecule has 0 radical (unpaired) electrons. The zero-order valence-electron chi connectivity index (χ0n) is 11.9. The predicted octanol–water partition coefficient (Wildman–Crippen LogP) is 5.02. The Labute approximate surface area is 117 Å². The van der Waals surface area contributed by atoms with Crippen molar-refractivity contribution in [2.24, 2.45) is 0 Å². The Bertz CT molecular complexity index is 256. The van der Waals surface area contributed by atoms with E-state index in [1.807, 2.05) is 11.3 Å². The van der Waals surface area contributed by atoms with E-state index in [-0.39, 0.29) is 0 Å². The van der Waals surface area contributed by atoms with Crippen molar-refractivity contribution >= 4 is 11.3 Å². The molecule has 1 aromatic heterocycles. The lowest BCUT2D eigenvalue weighted by atomic mass is 10.1. The van der Waals surface area contributed by atoms with Crippen molar-refractivity contribution in [3.63, 3.8) is 0 Å². The molecule has 1 heterocycles. The third-order valence-corrected chi connectivity index (χ3v) is 4.27. The van der Waals surface area contributed by atoms with E-state index in [2.05, 4.69) is 29.8 Å². The van der Waals surface area contributed by atoms with Crippen LogP contribution in [-0.2, 0) is 6.42 Å². The smallest absolute Gasteiger partial charge is 0.00578 e. The van der Waals surface area contributed by atoms with Crippen molar-refractivity contribution in [2.45, 2.75) is 64.7 Å². The first-order valence-electron chi connectivity index (χ1n) is 7.66. The largest absolute Gasteiger partial charge is 0.316 e. The van der Waals surface area contributed by atoms with Crippen LogP contribution in [0.3, 0.4) is 0 Å². The molecule has 0 aromatic carbocycles. The van der Waals surface area contributed by atoms with Gasteiger partial charge in [0.25, 0.3) is 0 Å². The van der Waals surface area contributed by atoms with Gasteiger partial charge in [-0.3, -0.25) is 0 Å². The second-order valence-electron chi connectivity index (χ2n) is 5.05. The molecule has 1 N–H and O–H groups in total. The molecule has 0 fully saturated rings. The summed E-state index contributed by atoms with van der Waals surface area (Å²) in [5.41, 5.74) is 0. The number of thiophene rings is 1. The summed E-state index contributed by atoms with van der Waals surface area (Å²) in [6, 6.07) is 4.36. The van der Waals surface area contributed by atoms with Crippen LogP contribution < -0.4 is 5.32 Å². The lowest BCUT2D eigenvalue weighted by Gasteiger charge is -2.04. The highest BCUT2D eigenvalue weighted by Crippen LogP contribution is 2.09. The maximum Gasteiger partial charge on any atom is 0.00578 e. The average Bonchev–Trinajstić information content (AvgIpc) is 2.89. The molecule has 0 saturated carbocycles. The van der Waals surface area contributed by atoms with Crippen molar-refractivity contribution in [3.8, 4) is 0 Å². The minimum absolute atomic E-state index is 1.14. The lowest BCUT2D eigenvalue weighted by Crippen LogP contribution is -2.18. The zero-order valence-corrected chi connectivity index (χ0v) is 12.7. The van der Waals surface area contributed by atoms with E-state index in [9.17, 15) is 0 Å². The maximum atomic E-state index is 3.54. The molecule has 104 valence electrons. The van der Waals surface area contributed by atoms with Crippen molar-refractivity contribution in [1.29, 1.82) is 0 Å². The van der Waals surface area contributed by atoms with Gasteiger partial charge in [-0.2, -0.15) is 0 Å². The molecule has 2 heteroatoms. The highest BCUT2D eigenvalue weighted by atomic mass is 32.1. The Kier molecular flexibility index (Phi) is 10.2. The minimum Gasteiger partial charge on any atom is -0.316 e. The Morgan fingerprint density at radius 2 is 1.67 bits per heavy atom. The van der Waals surface area contributed by atoms with Crippen molar-refractivity contribution in [2.75, 3.05) is 13.1 Å². The molecule has 0 atom stereocenters. The van der Waals surface area contributed by atoms with Crippen molar-refractivity contribution < 1.29 is 0 Å². The van der Waals surface area contributed by atoms with E-state index in [1.54, 1.807) is 0 Å². The van der Waals surface area contributed by atoms with Gasteiger partial charge in [-0.15, -0.1) is 11.3 Å². The molecule has 0 bridgehead atoms. The summed E-state index contributed by atoms with van der Waals surface area (Å²) in [4.78, 5) is 1.50. The van der Waals surface area contributed by atoms with Gasteiger partial charge in [-0.05, 0) is 37.4 Å². The third kappa shape index (κ3) is 8.71. The summed E-state index contributed by atoms with van der Waals surface area (Å²) < 4.78 is 0. The Hall–Kier alpha value is -0.340. The maximum absolute atomic E-state index is 3.54. The van der Waals surface area contributed by atoms with Gasteiger partial charge in [0, 0.05) is 4.88 Å². The molecule has 1 nitrogen and oxygen atoms in total. The van der Waals surface area contributed by atoms with Crippen LogP contribution in [-0.4, -0.2) is 13.1 Å². The zero-order chi connectivity index (χ0) is 12.9. The van der Waals surface area contributed by atoms with Gasteiger partial charge in [0.05, 0.1) is 0 Å². The molecule has 0 aliphatic carbocycles. The highest BCUT2D eigenvalue weighted by molar-refractivity contribution is 7.09. The van der Waals surface area contributed by atoms with Crippen LogP contribution in [0.1, 0.15) is 63.2 Å². The fourth-order valence-corrected chi connectivity index (χ4v) is 2.88. The van der Waals surface area contributed by atoms with Gasteiger partial charge in [0.1, 0.15) is 0 Å². The van der Waals surface area contributed by atoms with Gasteiger partial charge in [0.2, 0.25) is 0 Å². The van der Waals surface area contributed by atoms with Gasteiger partial charge in [-0.25, -0.2) is 0 Å². The minimum atomic E-state index is 1.14. The standard InChI is InChI=1S/C16H29NS/c1-2-3-4-5-6-7-8-9-13-17-14-12-16-11-10-15-18-16/h10-11,15,17H,2-9,12-14H2,1H3. The van der Waals surface area contributed by atoms with Crippen LogP contribution in [0.2, 0.25) is 0 Å². The summed E-state index contributed by atoms with van der Waals surface area (Å²) in [6.07, 6.45) is 12.5. The Morgan fingerprint density at radius 3 is 2.33 bits per heavy atom. The topological polar surface area (TPSA) is 12.0 Å². The molecule has 1 rings (SSSR count). The number of hydrogen-bond donors (Lipinski definition) is 1. The fourth-order valence-electron chi connectivity index (χ4n) is 2.18. The van der Waals surface area contributed by atoms with Gasteiger partial charge >= 0.3 is 0 Å². The predicted molar refractivity (Wildman–Crippen MR) is 83.5 cm³/mol. The van der Waals surface area contributed by atoms with Gasteiger partial charge < -0.3 is 5.32 Å². The summed E-state index contributed by atoms with van der Waals surface area (Å²) in [7, 11) is 0. The number of hydrogen-bond acceptors (Lipinski definition) is 2. The Balaban J connectivity index is 1.73. The van der Waals surface area contributed by atoms with E-state index < -0.39 is 0 Å². The molecule has 18 heavy (non-hydrogen) atoms. The van der Waals surface area contributed by atoms with E-state index >= 15 is 0 Å². The van der Waals surface area contributed by atoms with Crippen molar-refractivity contribution in [3.05, 3.63) is 22.4 Å². The van der Waals surface area contributed by atoms with Crippen molar-refractivity contribution in [1.82, 2.24) is 5.32 Å². The molecule has 0 aliphatic rings. The van der Waals surface area contributed by atoms with Crippen LogP contribution in [0.15, 0.2) is 17.5 Å². The van der Waals surface area contributed by atoms with Crippen LogP contribution in [0.25, 0.3) is 0 Å². The first-order chi connectivity index (χ1) is 8.93. The van der Waals surface area contributed by atoms with Gasteiger partial charge in [0.15, 0.2) is 0 Å². The molecule has 0 unspecified atom stereocenters. The monoisotopic (exact) mass is 267 g/mol. The number of unbranched alkanes of at least 4 members (excludes halogenated alkanes) is 7. The molecule has 0 spiro atoms. The van der Waals surface area contributed by atoms with E-state index in [1.165, 1.54) is 69.2 Å². The van der Waals surface area contributed by atoms with Gasteiger partial charge in [-0.1, -0.05) is 57.9 Å². The average molecular weight is 267 g/mol. The molecule has 0 amide bonds. The summed E-state index contributed by atoms with van der Waals surface area (Å²) in [5, 5.41) is 5.70. The highest BCUT2D eigenvalue weighted by Gasteiger charge is 1.94. The Morgan fingerprint density at radius 1 is 0.944 bits per heavy atom. The first-order valence-corrected chi connectivity index (χ1v) is 8.54. The molecular formula is C16H29NS. The second-order valence-corrected chi connectivity index (χ2v) is 6.09. The van der Waals surface area contributed by atoms with Crippen LogP contribution in [0.5, 0.6) is 0 Å². The lowest BCUT2D eigenvalue weighted by molar-refractivity contribution is 0.556. The molecule has 0 aliphatic heterocycles. The summed E-state index contributed by atoms with van der Waals surface area (Å²) >= 11 is 1.86.